The molecule has 1 N–H and O–H groups in total. The van der Waals surface area contributed by atoms with Gasteiger partial charge in [-0.25, -0.2) is 4.98 Å². The molecule has 0 bridgehead atoms. The molecule has 0 saturated carbocycles. The molecule has 3 nitrogen and oxygen atoms in total. The Labute approximate surface area is 163 Å². The molecule has 3 rings (SSSR count). The number of carbonyl (C=O) groups is 1. The van der Waals surface area contributed by atoms with Gasteiger partial charge in [-0.3, -0.25) is 4.79 Å². The van der Waals surface area contributed by atoms with Crippen LogP contribution in [0, 0.1) is 0 Å². The largest absolute Gasteiger partial charge is 0.346 e. The Kier molecular flexibility index (Phi) is 6.42. The molecule has 5 heteroatoms. The Hall–Kier alpha value is -2.17. The molecule has 1 aromatic heterocycles. The maximum atomic E-state index is 12.6. The van der Waals surface area contributed by atoms with E-state index in [0.29, 0.717) is 11.4 Å². The third-order valence-electron chi connectivity index (χ3n) is 4.10. The number of hydrogen-bond donors (Lipinski definition) is 1. The molecule has 1 atom stereocenters. The first-order valence-corrected chi connectivity index (χ1v) is 9.92. The Morgan fingerprint density at radius 3 is 2.62 bits per heavy atom. The molecule has 1 amide bonds. The van der Waals surface area contributed by atoms with Gasteiger partial charge in [0, 0.05) is 10.4 Å². The highest BCUT2D eigenvalue weighted by Gasteiger charge is 2.19. The number of amides is 1. The Balaban J connectivity index is 1.75. The first-order valence-electron chi connectivity index (χ1n) is 8.66. The van der Waals surface area contributed by atoms with Crippen LogP contribution in [0.2, 0.25) is 5.02 Å². The average Bonchev–Trinajstić information content (AvgIpc) is 3.11. The molecule has 0 spiro atoms. The maximum absolute atomic E-state index is 12.6. The lowest BCUT2D eigenvalue weighted by molar-refractivity contribution is -0.121. The van der Waals surface area contributed by atoms with E-state index in [0.717, 1.165) is 29.1 Å². The lowest BCUT2D eigenvalue weighted by atomic mass is 10.1. The molecule has 0 aliphatic heterocycles. The van der Waals surface area contributed by atoms with Crippen LogP contribution in [-0.2, 0) is 24.1 Å². The van der Waals surface area contributed by atoms with Crippen molar-refractivity contribution >= 4 is 28.8 Å². The summed E-state index contributed by atoms with van der Waals surface area (Å²) >= 11 is 7.62. The van der Waals surface area contributed by atoms with Gasteiger partial charge in [0.1, 0.15) is 5.01 Å². The molecule has 0 aliphatic rings. The van der Waals surface area contributed by atoms with Crippen LogP contribution in [-0.4, -0.2) is 10.9 Å². The monoisotopic (exact) mass is 384 g/mol. The Morgan fingerprint density at radius 1 is 1.15 bits per heavy atom. The molecule has 0 aliphatic carbocycles. The van der Waals surface area contributed by atoms with E-state index in [1.807, 2.05) is 42.5 Å². The molecule has 0 fully saturated rings. The summed E-state index contributed by atoms with van der Waals surface area (Å²) in [5, 5.41) is 6.81. The second-order valence-electron chi connectivity index (χ2n) is 6.15. The number of aryl methyl sites for hydroxylation is 1. The van der Waals surface area contributed by atoms with Gasteiger partial charge in [0.2, 0.25) is 5.91 Å². The molecule has 2 aromatic carbocycles. The highest BCUT2D eigenvalue weighted by Crippen LogP contribution is 2.23. The summed E-state index contributed by atoms with van der Waals surface area (Å²) in [7, 11) is 0. The van der Waals surface area contributed by atoms with Gasteiger partial charge in [-0.15, -0.1) is 11.3 Å². The number of nitrogens with zero attached hydrogens (tertiary/aromatic N) is 1. The smallest absolute Gasteiger partial charge is 0.224 e. The molecular weight excluding hydrogens is 364 g/mol. The van der Waals surface area contributed by atoms with Crippen LogP contribution < -0.4 is 5.32 Å². The number of hydrogen-bond acceptors (Lipinski definition) is 3. The fraction of sp³-hybridized carbons (Fsp3) is 0.238. The first-order chi connectivity index (χ1) is 12.6. The van der Waals surface area contributed by atoms with Crippen LogP contribution in [0.15, 0.2) is 60.0 Å². The summed E-state index contributed by atoms with van der Waals surface area (Å²) < 4.78 is 0. The summed E-state index contributed by atoms with van der Waals surface area (Å²) in [5.74, 6) is -0.0264. The zero-order valence-corrected chi connectivity index (χ0v) is 16.2. The van der Waals surface area contributed by atoms with Gasteiger partial charge in [-0.2, -0.15) is 0 Å². The standard InChI is InChI=1S/C21H21ClN2OS/c1-2-18-14-26-21(23-18)19(12-15-7-4-3-5-8-15)24-20(25)13-16-9-6-10-17(22)11-16/h3-11,14,19H,2,12-13H2,1H3,(H,24,25)/t19-/m0/s1. The highest BCUT2D eigenvalue weighted by molar-refractivity contribution is 7.09. The minimum absolute atomic E-state index is 0.0264. The van der Waals surface area contributed by atoms with Crippen molar-refractivity contribution in [1.82, 2.24) is 10.3 Å². The van der Waals surface area contributed by atoms with Gasteiger partial charge in [0.25, 0.3) is 0 Å². The second kappa shape index (κ2) is 8.97. The van der Waals surface area contributed by atoms with Gasteiger partial charge in [-0.05, 0) is 36.1 Å². The predicted octanol–water partition coefficient (Wildman–Crippen LogP) is 5.00. The summed E-state index contributed by atoms with van der Waals surface area (Å²) in [5.41, 5.74) is 3.14. The molecule has 1 heterocycles. The third kappa shape index (κ3) is 5.16. The maximum Gasteiger partial charge on any atom is 0.224 e. The van der Waals surface area contributed by atoms with Crippen molar-refractivity contribution in [2.45, 2.75) is 32.2 Å². The van der Waals surface area contributed by atoms with Gasteiger partial charge >= 0.3 is 0 Å². The summed E-state index contributed by atoms with van der Waals surface area (Å²) in [6, 6.07) is 17.4. The second-order valence-corrected chi connectivity index (χ2v) is 7.47. The number of carbonyl (C=O) groups excluding carboxylic acids is 1. The fourth-order valence-electron chi connectivity index (χ4n) is 2.77. The van der Waals surface area contributed by atoms with Gasteiger partial charge < -0.3 is 5.32 Å². The first kappa shape index (κ1) is 18.6. The molecule has 0 unspecified atom stereocenters. The van der Waals surface area contributed by atoms with Crippen molar-refractivity contribution < 1.29 is 4.79 Å². The molecule has 26 heavy (non-hydrogen) atoms. The molecular formula is C21H21ClN2OS. The van der Waals surface area contributed by atoms with E-state index >= 15 is 0 Å². The van der Waals surface area contributed by atoms with Crippen LogP contribution >= 0.6 is 22.9 Å². The van der Waals surface area contributed by atoms with E-state index in [4.69, 9.17) is 11.6 Å². The van der Waals surface area contributed by atoms with Crippen molar-refractivity contribution in [2.24, 2.45) is 0 Å². The van der Waals surface area contributed by atoms with Crippen LogP contribution in [0.5, 0.6) is 0 Å². The van der Waals surface area contributed by atoms with Gasteiger partial charge in [0.15, 0.2) is 0 Å². The van der Waals surface area contributed by atoms with E-state index in [1.165, 1.54) is 5.56 Å². The zero-order valence-electron chi connectivity index (χ0n) is 14.6. The molecule has 3 aromatic rings. The lowest BCUT2D eigenvalue weighted by Crippen LogP contribution is -2.31. The number of rotatable bonds is 7. The van der Waals surface area contributed by atoms with Crippen molar-refractivity contribution in [3.05, 3.63) is 86.8 Å². The third-order valence-corrected chi connectivity index (χ3v) is 5.34. The van der Waals surface area contributed by atoms with E-state index in [1.54, 1.807) is 11.3 Å². The minimum Gasteiger partial charge on any atom is -0.346 e. The van der Waals surface area contributed by atoms with Crippen molar-refractivity contribution in [1.29, 1.82) is 0 Å². The molecule has 0 radical (unpaired) electrons. The van der Waals surface area contributed by atoms with E-state index in [-0.39, 0.29) is 11.9 Å². The number of benzene rings is 2. The quantitative estimate of drug-likeness (QED) is 0.622. The summed E-state index contributed by atoms with van der Waals surface area (Å²) in [6.07, 6.45) is 1.92. The normalized spacial score (nSPS) is 11.9. The number of halogens is 1. The zero-order chi connectivity index (χ0) is 18.4. The Bertz CT molecular complexity index is 863. The van der Waals surface area contributed by atoms with E-state index in [9.17, 15) is 4.79 Å². The summed E-state index contributed by atoms with van der Waals surface area (Å²) in [4.78, 5) is 17.3. The summed E-state index contributed by atoms with van der Waals surface area (Å²) in [6.45, 7) is 2.09. The number of thiazole rings is 1. The fourth-order valence-corrected chi connectivity index (χ4v) is 3.94. The number of aromatic nitrogens is 1. The van der Waals surface area contributed by atoms with Crippen LogP contribution in [0.25, 0.3) is 0 Å². The van der Waals surface area contributed by atoms with Crippen molar-refractivity contribution in [3.8, 4) is 0 Å². The average molecular weight is 385 g/mol. The topological polar surface area (TPSA) is 42.0 Å². The molecule has 134 valence electrons. The van der Waals surface area contributed by atoms with E-state index < -0.39 is 0 Å². The SMILES string of the molecule is CCc1csc([C@H](Cc2ccccc2)NC(=O)Cc2cccc(Cl)c2)n1. The van der Waals surface area contributed by atoms with Crippen molar-refractivity contribution in [3.63, 3.8) is 0 Å². The van der Waals surface area contributed by atoms with Crippen LogP contribution in [0.4, 0.5) is 0 Å². The van der Waals surface area contributed by atoms with Gasteiger partial charge in [-0.1, -0.05) is 61.0 Å². The van der Waals surface area contributed by atoms with Gasteiger partial charge in [0.05, 0.1) is 18.2 Å². The minimum atomic E-state index is -0.130. The highest BCUT2D eigenvalue weighted by atomic mass is 35.5. The van der Waals surface area contributed by atoms with Crippen LogP contribution in [0.1, 0.15) is 34.8 Å². The predicted molar refractivity (Wildman–Crippen MR) is 108 cm³/mol. The van der Waals surface area contributed by atoms with Crippen LogP contribution in [0.3, 0.4) is 0 Å². The van der Waals surface area contributed by atoms with Crippen molar-refractivity contribution in [2.75, 3.05) is 0 Å². The Morgan fingerprint density at radius 2 is 1.92 bits per heavy atom. The molecule has 0 saturated heterocycles. The van der Waals surface area contributed by atoms with E-state index in [2.05, 4.69) is 34.7 Å². The lowest BCUT2D eigenvalue weighted by Gasteiger charge is -2.17. The number of nitrogens with one attached hydrogen (secondary N) is 1.